The second-order valence-electron chi connectivity index (χ2n) is 7.52. The molecule has 0 saturated heterocycles. The maximum atomic E-state index is 13.2. The number of hydrogen-bond acceptors (Lipinski definition) is 5. The van der Waals surface area contributed by atoms with Crippen molar-refractivity contribution in [1.82, 2.24) is 4.90 Å². The minimum atomic E-state index is -1.27. The van der Waals surface area contributed by atoms with E-state index in [1.165, 1.54) is 26.0 Å². The van der Waals surface area contributed by atoms with Gasteiger partial charge in [0.1, 0.15) is 17.2 Å². The van der Waals surface area contributed by atoms with Crippen LogP contribution in [0.3, 0.4) is 0 Å². The zero-order valence-electron chi connectivity index (χ0n) is 16.1. The van der Waals surface area contributed by atoms with Gasteiger partial charge in [-0.2, -0.15) is 0 Å². The van der Waals surface area contributed by atoms with Crippen molar-refractivity contribution in [1.29, 1.82) is 5.41 Å². The number of benzene rings is 2. The number of rotatable bonds is 4. The van der Waals surface area contributed by atoms with Gasteiger partial charge in [-0.05, 0) is 29.7 Å². The lowest BCUT2D eigenvalue weighted by atomic mass is 9.97. The second kappa shape index (κ2) is 6.92. The van der Waals surface area contributed by atoms with E-state index in [2.05, 4.69) is 0 Å². The molecule has 7 heteroatoms. The van der Waals surface area contributed by atoms with Crippen LogP contribution in [0.1, 0.15) is 36.6 Å². The van der Waals surface area contributed by atoms with Gasteiger partial charge in [0.05, 0.1) is 6.04 Å². The minimum Gasteiger partial charge on any atom is -0.480 e. The van der Waals surface area contributed by atoms with Gasteiger partial charge in [0.2, 0.25) is 0 Å². The molecule has 2 aliphatic heterocycles. The van der Waals surface area contributed by atoms with Gasteiger partial charge in [0.25, 0.3) is 11.7 Å². The molecular weight excluding hydrogens is 375 g/mol. The third-order valence-electron chi connectivity index (χ3n) is 5.07. The lowest BCUT2D eigenvalue weighted by Crippen LogP contribution is -2.41. The molecule has 6 nitrogen and oxygen atoms in total. The molecule has 0 bridgehead atoms. The normalized spacial score (nSPS) is 20.4. The molecular formula is C22H21FN2O4. The second-order valence-corrected chi connectivity index (χ2v) is 7.52. The highest BCUT2D eigenvalue weighted by Crippen LogP contribution is 2.42. The Bertz CT molecular complexity index is 1010. The van der Waals surface area contributed by atoms with Gasteiger partial charge in [-0.3, -0.25) is 5.41 Å². The first kappa shape index (κ1) is 19.0. The fourth-order valence-electron chi connectivity index (χ4n) is 3.76. The monoisotopic (exact) mass is 396 g/mol. The SMILES string of the molecule is CC1(C)OC(=O)C(C2c3ccccc3C(=N)N2CCc2ccc(F)cc2)=C(O)O1. The number of cyclic esters (lactones) is 1. The van der Waals surface area contributed by atoms with Crippen LogP contribution in [0.5, 0.6) is 0 Å². The highest BCUT2D eigenvalue weighted by atomic mass is 19.1. The van der Waals surface area contributed by atoms with Crippen molar-refractivity contribution in [2.45, 2.75) is 32.1 Å². The Morgan fingerprint density at radius 2 is 1.83 bits per heavy atom. The molecule has 2 heterocycles. The molecule has 0 amide bonds. The molecule has 0 aliphatic carbocycles. The van der Waals surface area contributed by atoms with E-state index in [4.69, 9.17) is 14.9 Å². The molecule has 0 saturated carbocycles. The number of nitrogens with zero attached hydrogens (tertiary/aromatic N) is 1. The number of fused-ring (bicyclic) bond motifs is 1. The topological polar surface area (TPSA) is 82.9 Å². The number of esters is 1. The standard InChI is InChI=1S/C22H21FN2O4/c1-22(2)28-20(26)17(21(27)29-22)18-15-5-3-4-6-16(15)19(24)25(18)12-11-13-7-9-14(23)10-8-13/h3-10,18,24,26H,11-12H2,1-2H3. The minimum absolute atomic E-state index is 0.0295. The first-order valence-electron chi connectivity index (χ1n) is 9.31. The van der Waals surface area contributed by atoms with Crippen molar-refractivity contribution >= 4 is 11.8 Å². The predicted molar refractivity (Wildman–Crippen MR) is 104 cm³/mol. The summed E-state index contributed by atoms with van der Waals surface area (Å²) >= 11 is 0. The van der Waals surface area contributed by atoms with Gasteiger partial charge < -0.3 is 19.5 Å². The smallest absolute Gasteiger partial charge is 0.347 e. The van der Waals surface area contributed by atoms with Crippen molar-refractivity contribution in [3.8, 4) is 0 Å². The van der Waals surface area contributed by atoms with E-state index >= 15 is 0 Å². The third kappa shape index (κ3) is 3.44. The first-order chi connectivity index (χ1) is 13.8. The van der Waals surface area contributed by atoms with Crippen LogP contribution in [0.25, 0.3) is 0 Å². The number of carbonyl (C=O) groups is 1. The third-order valence-corrected chi connectivity index (χ3v) is 5.07. The van der Waals surface area contributed by atoms with E-state index in [0.717, 1.165) is 11.1 Å². The van der Waals surface area contributed by atoms with Crippen LogP contribution in [0.15, 0.2) is 60.0 Å². The Balaban J connectivity index is 1.71. The number of hydrogen-bond donors (Lipinski definition) is 2. The first-order valence-corrected chi connectivity index (χ1v) is 9.31. The highest BCUT2D eigenvalue weighted by Gasteiger charge is 2.46. The number of aliphatic hydroxyl groups excluding tert-OH is 1. The summed E-state index contributed by atoms with van der Waals surface area (Å²) in [6.07, 6.45) is 0.530. The van der Waals surface area contributed by atoms with Crippen LogP contribution < -0.4 is 0 Å². The predicted octanol–water partition coefficient (Wildman–Crippen LogP) is 3.83. The summed E-state index contributed by atoms with van der Waals surface area (Å²) in [6, 6.07) is 12.7. The Labute approximate surface area is 167 Å². The van der Waals surface area contributed by atoms with Crippen LogP contribution >= 0.6 is 0 Å². The summed E-state index contributed by atoms with van der Waals surface area (Å²) in [5.74, 6) is -2.51. The van der Waals surface area contributed by atoms with Crippen molar-refractivity contribution in [2.75, 3.05) is 6.54 Å². The van der Waals surface area contributed by atoms with Crippen molar-refractivity contribution in [2.24, 2.45) is 0 Å². The molecule has 2 aliphatic rings. The fourth-order valence-corrected chi connectivity index (χ4v) is 3.76. The number of aliphatic hydroxyl groups is 1. The molecule has 0 aromatic heterocycles. The van der Waals surface area contributed by atoms with Gasteiger partial charge in [0, 0.05) is 26.0 Å². The lowest BCUT2D eigenvalue weighted by Gasteiger charge is -2.35. The molecule has 1 atom stereocenters. The molecule has 150 valence electrons. The molecule has 2 aromatic carbocycles. The van der Waals surface area contributed by atoms with E-state index in [9.17, 15) is 14.3 Å². The van der Waals surface area contributed by atoms with Crippen LogP contribution in [-0.2, 0) is 20.7 Å². The Kier molecular flexibility index (Phi) is 4.53. The van der Waals surface area contributed by atoms with Gasteiger partial charge >= 0.3 is 5.97 Å². The Morgan fingerprint density at radius 1 is 1.14 bits per heavy atom. The molecule has 4 rings (SSSR count). The fraction of sp³-hybridized carbons (Fsp3) is 0.273. The Hall–Kier alpha value is -3.35. The molecule has 0 radical (unpaired) electrons. The average Bonchev–Trinajstić information content (AvgIpc) is 2.92. The van der Waals surface area contributed by atoms with Crippen molar-refractivity contribution in [3.63, 3.8) is 0 Å². The van der Waals surface area contributed by atoms with Crippen molar-refractivity contribution < 1.29 is 23.8 Å². The zero-order chi connectivity index (χ0) is 20.8. The van der Waals surface area contributed by atoms with Gasteiger partial charge in [-0.15, -0.1) is 0 Å². The van der Waals surface area contributed by atoms with Gasteiger partial charge in [0.15, 0.2) is 0 Å². The van der Waals surface area contributed by atoms with E-state index in [1.54, 1.807) is 23.1 Å². The summed E-state index contributed by atoms with van der Waals surface area (Å²) in [5, 5.41) is 19.1. The van der Waals surface area contributed by atoms with Gasteiger partial charge in [-0.1, -0.05) is 36.4 Å². The summed E-state index contributed by atoms with van der Waals surface area (Å²) in [6.45, 7) is 3.46. The van der Waals surface area contributed by atoms with Gasteiger partial charge in [-0.25, -0.2) is 9.18 Å². The maximum absolute atomic E-state index is 13.2. The van der Waals surface area contributed by atoms with E-state index < -0.39 is 23.7 Å². The largest absolute Gasteiger partial charge is 0.480 e. The molecule has 2 aromatic rings. The molecule has 0 fully saturated rings. The zero-order valence-corrected chi connectivity index (χ0v) is 16.1. The number of carbonyl (C=O) groups excluding carboxylic acids is 1. The van der Waals surface area contributed by atoms with Crippen LogP contribution in [0.4, 0.5) is 4.39 Å². The summed E-state index contributed by atoms with van der Waals surface area (Å²) in [5.41, 5.74) is 2.27. The number of ether oxygens (including phenoxy) is 2. The molecule has 29 heavy (non-hydrogen) atoms. The summed E-state index contributed by atoms with van der Waals surface area (Å²) in [4.78, 5) is 14.4. The molecule has 1 unspecified atom stereocenters. The van der Waals surface area contributed by atoms with E-state index in [0.29, 0.717) is 18.5 Å². The van der Waals surface area contributed by atoms with Crippen LogP contribution in [0, 0.1) is 11.2 Å². The quantitative estimate of drug-likeness (QED) is 0.768. The molecule has 0 spiro atoms. The lowest BCUT2D eigenvalue weighted by molar-refractivity contribution is -0.223. The summed E-state index contributed by atoms with van der Waals surface area (Å²) in [7, 11) is 0. The summed E-state index contributed by atoms with van der Waals surface area (Å²) < 4.78 is 23.9. The number of nitrogens with one attached hydrogen (secondary N) is 1. The van der Waals surface area contributed by atoms with Crippen LogP contribution in [-0.4, -0.2) is 34.1 Å². The number of amidine groups is 1. The maximum Gasteiger partial charge on any atom is 0.347 e. The van der Waals surface area contributed by atoms with E-state index in [-0.39, 0.29) is 17.2 Å². The highest BCUT2D eigenvalue weighted by molar-refractivity contribution is 6.04. The van der Waals surface area contributed by atoms with E-state index in [1.807, 2.05) is 18.2 Å². The average molecular weight is 396 g/mol. The van der Waals surface area contributed by atoms with Crippen molar-refractivity contribution in [3.05, 3.63) is 82.6 Å². The van der Waals surface area contributed by atoms with Crippen LogP contribution in [0.2, 0.25) is 0 Å². The molecule has 2 N–H and O–H groups in total. The number of halogens is 1. The Morgan fingerprint density at radius 3 is 2.52 bits per heavy atom.